The highest BCUT2D eigenvalue weighted by Gasteiger charge is 2.05. The minimum absolute atomic E-state index is 0.0669. The molecular formula is C17H16FNO. The van der Waals surface area contributed by atoms with Crippen molar-refractivity contribution in [3.8, 4) is 0 Å². The fourth-order valence-corrected chi connectivity index (χ4v) is 2.08. The van der Waals surface area contributed by atoms with Crippen molar-refractivity contribution in [1.82, 2.24) is 4.98 Å². The molecule has 3 heteroatoms. The summed E-state index contributed by atoms with van der Waals surface area (Å²) in [7, 11) is 0. The largest absolute Gasteiger partial charge is 0.358 e. The summed E-state index contributed by atoms with van der Waals surface area (Å²) in [4.78, 5) is 15.1. The first-order valence-corrected chi connectivity index (χ1v) is 6.39. The zero-order valence-electron chi connectivity index (χ0n) is 11.2. The number of hydrogen-bond acceptors (Lipinski definition) is 1. The molecule has 0 aliphatic rings. The first-order chi connectivity index (χ1) is 9.63. The van der Waals surface area contributed by atoms with E-state index in [9.17, 15) is 9.18 Å². The van der Waals surface area contributed by atoms with Gasteiger partial charge in [-0.2, -0.15) is 0 Å². The van der Waals surface area contributed by atoms with Gasteiger partial charge in [0.25, 0.3) is 0 Å². The summed E-state index contributed by atoms with van der Waals surface area (Å²) in [6.07, 6.45) is 4.55. The summed E-state index contributed by atoms with van der Waals surface area (Å²) in [5.74, 6) is -0.244. The summed E-state index contributed by atoms with van der Waals surface area (Å²) in [6.45, 7) is 7.32. The maximum Gasteiger partial charge on any atom is 0.189 e. The topological polar surface area (TPSA) is 32.9 Å². The van der Waals surface area contributed by atoms with E-state index >= 15 is 0 Å². The van der Waals surface area contributed by atoms with Crippen LogP contribution in [0.1, 0.15) is 22.5 Å². The smallest absolute Gasteiger partial charge is 0.189 e. The molecule has 102 valence electrons. The van der Waals surface area contributed by atoms with Crippen molar-refractivity contribution < 1.29 is 4.39 Å². The van der Waals surface area contributed by atoms with Gasteiger partial charge in [0.2, 0.25) is 0 Å². The molecule has 0 amide bonds. The molecule has 0 unspecified atom stereocenters. The van der Waals surface area contributed by atoms with Crippen LogP contribution in [0.3, 0.4) is 0 Å². The van der Waals surface area contributed by atoms with Crippen LogP contribution in [0, 0.1) is 5.82 Å². The summed E-state index contributed by atoms with van der Waals surface area (Å²) in [5, 5.41) is 0. The molecule has 0 saturated carbocycles. The Morgan fingerprint density at radius 1 is 1.10 bits per heavy atom. The van der Waals surface area contributed by atoms with Crippen LogP contribution in [-0.2, 0) is 12.8 Å². The van der Waals surface area contributed by atoms with Crippen LogP contribution in [0.4, 0.5) is 4.39 Å². The Morgan fingerprint density at radius 2 is 1.80 bits per heavy atom. The molecule has 0 atom stereocenters. The summed E-state index contributed by atoms with van der Waals surface area (Å²) < 4.78 is 12.8. The molecule has 2 nitrogen and oxygen atoms in total. The maximum atomic E-state index is 12.8. The molecule has 0 aliphatic carbocycles. The molecule has 0 spiro atoms. The third-order valence-corrected chi connectivity index (χ3v) is 3.16. The van der Waals surface area contributed by atoms with Crippen LogP contribution >= 0.6 is 0 Å². The lowest BCUT2D eigenvalue weighted by atomic mass is 10.1. The number of aromatic nitrogens is 1. The molecule has 1 aromatic carbocycles. The third-order valence-electron chi connectivity index (χ3n) is 3.16. The number of pyridine rings is 1. The Hall–Kier alpha value is -2.42. The van der Waals surface area contributed by atoms with Gasteiger partial charge in [0.15, 0.2) is 5.43 Å². The second-order valence-corrected chi connectivity index (χ2v) is 4.52. The standard InChI is InChI=1S/C17H16FNO/c1-3-15-16(4-2)19-14(11-17(15)20)10-7-12-5-8-13(18)9-6-12/h3-6,8-9,11H,1-2,7,10H2,(H,19,20). The highest BCUT2D eigenvalue weighted by molar-refractivity contribution is 5.60. The van der Waals surface area contributed by atoms with Crippen molar-refractivity contribution in [2.24, 2.45) is 0 Å². The van der Waals surface area contributed by atoms with Gasteiger partial charge in [-0.3, -0.25) is 4.79 Å². The Morgan fingerprint density at radius 3 is 2.40 bits per heavy atom. The highest BCUT2D eigenvalue weighted by Crippen LogP contribution is 2.10. The summed E-state index contributed by atoms with van der Waals surface area (Å²) in [5.41, 5.74) is 3.01. The molecule has 0 aliphatic heterocycles. The SMILES string of the molecule is C=Cc1[nH]c(CCc2ccc(F)cc2)cc(=O)c1C=C. The second kappa shape index (κ2) is 6.15. The molecule has 20 heavy (non-hydrogen) atoms. The van der Waals surface area contributed by atoms with Crippen LogP contribution in [0.15, 0.2) is 48.3 Å². The Labute approximate surface area is 117 Å². The van der Waals surface area contributed by atoms with E-state index in [1.54, 1.807) is 24.3 Å². The van der Waals surface area contributed by atoms with E-state index in [1.165, 1.54) is 18.2 Å². The molecular weight excluding hydrogens is 253 g/mol. The maximum absolute atomic E-state index is 12.8. The normalized spacial score (nSPS) is 10.2. The van der Waals surface area contributed by atoms with Gasteiger partial charge in [0.1, 0.15) is 5.82 Å². The number of aryl methyl sites for hydroxylation is 2. The second-order valence-electron chi connectivity index (χ2n) is 4.52. The van der Waals surface area contributed by atoms with E-state index in [1.807, 2.05) is 0 Å². The lowest BCUT2D eigenvalue weighted by molar-refractivity contribution is 0.627. The first-order valence-electron chi connectivity index (χ1n) is 6.39. The molecule has 0 saturated heterocycles. The average molecular weight is 269 g/mol. The Kier molecular flexibility index (Phi) is 4.31. The Balaban J connectivity index is 2.20. The van der Waals surface area contributed by atoms with E-state index in [4.69, 9.17) is 0 Å². The van der Waals surface area contributed by atoms with E-state index in [0.717, 1.165) is 17.7 Å². The fraction of sp³-hybridized carbons (Fsp3) is 0.118. The summed E-state index contributed by atoms with van der Waals surface area (Å²) in [6, 6.07) is 7.95. The Bertz CT molecular complexity index is 683. The van der Waals surface area contributed by atoms with Gasteiger partial charge >= 0.3 is 0 Å². The van der Waals surface area contributed by atoms with Crippen molar-refractivity contribution in [3.05, 3.63) is 82.0 Å². The number of nitrogens with one attached hydrogen (secondary N) is 1. The number of H-pyrrole nitrogens is 1. The molecule has 2 rings (SSSR count). The molecule has 0 fully saturated rings. The van der Waals surface area contributed by atoms with Crippen molar-refractivity contribution >= 4 is 12.2 Å². The number of aromatic amines is 1. The van der Waals surface area contributed by atoms with Gasteiger partial charge in [0.05, 0.1) is 0 Å². The van der Waals surface area contributed by atoms with Crippen molar-refractivity contribution in [1.29, 1.82) is 0 Å². The van der Waals surface area contributed by atoms with Gasteiger partial charge in [-0.15, -0.1) is 0 Å². The van der Waals surface area contributed by atoms with Crippen molar-refractivity contribution in [3.63, 3.8) is 0 Å². The zero-order chi connectivity index (χ0) is 14.5. The minimum Gasteiger partial charge on any atom is -0.358 e. The zero-order valence-corrected chi connectivity index (χ0v) is 11.2. The molecule has 0 bridgehead atoms. The fourth-order valence-electron chi connectivity index (χ4n) is 2.08. The molecule has 1 N–H and O–H groups in total. The van der Waals surface area contributed by atoms with Crippen molar-refractivity contribution in [2.45, 2.75) is 12.8 Å². The lowest BCUT2D eigenvalue weighted by Crippen LogP contribution is -2.11. The number of benzene rings is 1. The summed E-state index contributed by atoms with van der Waals surface area (Å²) >= 11 is 0. The quantitative estimate of drug-likeness (QED) is 0.884. The molecule has 1 heterocycles. The minimum atomic E-state index is -0.244. The monoisotopic (exact) mass is 269 g/mol. The predicted octanol–water partition coefficient (Wildman–Crippen LogP) is 3.59. The molecule has 0 radical (unpaired) electrons. The number of hydrogen-bond donors (Lipinski definition) is 1. The number of halogens is 1. The molecule has 1 aromatic heterocycles. The van der Waals surface area contributed by atoms with E-state index in [0.29, 0.717) is 17.7 Å². The predicted molar refractivity (Wildman–Crippen MR) is 81.1 cm³/mol. The van der Waals surface area contributed by atoms with E-state index in [-0.39, 0.29) is 11.2 Å². The van der Waals surface area contributed by atoms with Crippen molar-refractivity contribution in [2.75, 3.05) is 0 Å². The van der Waals surface area contributed by atoms with Crippen LogP contribution in [0.2, 0.25) is 0 Å². The van der Waals surface area contributed by atoms with Crippen LogP contribution < -0.4 is 5.43 Å². The van der Waals surface area contributed by atoms with Gasteiger partial charge in [-0.1, -0.05) is 31.4 Å². The van der Waals surface area contributed by atoms with E-state index < -0.39 is 0 Å². The van der Waals surface area contributed by atoms with E-state index in [2.05, 4.69) is 18.1 Å². The lowest BCUT2D eigenvalue weighted by Gasteiger charge is -2.06. The van der Waals surface area contributed by atoms with Crippen LogP contribution in [-0.4, -0.2) is 4.98 Å². The highest BCUT2D eigenvalue weighted by atomic mass is 19.1. The first kappa shape index (κ1) is 14.0. The van der Waals surface area contributed by atoms with Gasteiger partial charge in [-0.25, -0.2) is 4.39 Å². The van der Waals surface area contributed by atoms with Crippen LogP contribution in [0.25, 0.3) is 12.2 Å². The number of rotatable bonds is 5. The van der Waals surface area contributed by atoms with Gasteiger partial charge < -0.3 is 4.98 Å². The molecule has 2 aromatic rings. The average Bonchev–Trinajstić information content (AvgIpc) is 2.46. The van der Waals surface area contributed by atoms with Gasteiger partial charge in [0, 0.05) is 23.0 Å². The third kappa shape index (κ3) is 3.12. The van der Waals surface area contributed by atoms with Gasteiger partial charge in [-0.05, 0) is 36.6 Å². The van der Waals surface area contributed by atoms with Crippen LogP contribution in [0.5, 0.6) is 0 Å².